The summed E-state index contributed by atoms with van der Waals surface area (Å²) >= 11 is 1.49. The first-order chi connectivity index (χ1) is 12.7. The van der Waals surface area contributed by atoms with Crippen molar-refractivity contribution in [3.63, 3.8) is 0 Å². The molecular weight excluding hydrogens is 352 g/mol. The van der Waals surface area contributed by atoms with E-state index < -0.39 is 0 Å². The number of aromatic nitrogens is 3. The maximum Gasteiger partial charge on any atom is 0.230 e. The predicted molar refractivity (Wildman–Crippen MR) is 99.1 cm³/mol. The van der Waals surface area contributed by atoms with E-state index in [0.717, 1.165) is 46.5 Å². The summed E-state index contributed by atoms with van der Waals surface area (Å²) in [4.78, 5) is 8.40. The van der Waals surface area contributed by atoms with Crippen molar-refractivity contribution in [1.82, 2.24) is 19.5 Å². The van der Waals surface area contributed by atoms with Crippen molar-refractivity contribution in [3.05, 3.63) is 40.5 Å². The van der Waals surface area contributed by atoms with Crippen LogP contribution >= 0.6 is 11.3 Å². The Morgan fingerprint density at radius 3 is 2.85 bits per heavy atom. The molecule has 1 N–H and O–H groups in total. The van der Waals surface area contributed by atoms with E-state index in [9.17, 15) is 5.11 Å². The molecule has 4 rings (SSSR count). The van der Waals surface area contributed by atoms with Gasteiger partial charge in [0.05, 0.1) is 31.2 Å². The normalized spacial score (nSPS) is 16.8. The summed E-state index contributed by atoms with van der Waals surface area (Å²) < 4.78 is 12.5. The van der Waals surface area contributed by atoms with Crippen LogP contribution in [-0.2, 0) is 11.2 Å². The fourth-order valence-corrected chi connectivity index (χ4v) is 4.43. The number of hydrogen-bond acceptors (Lipinski definition) is 7. The number of hydrogen-bond donors (Lipinski definition) is 1. The van der Waals surface area contributed by atoms with Crippen molar-refractivity contribution in [1.29, 1.82) is 0 Å². The first-order valence-electron chi connectivity index (χ1n) is 8.74. The molecule has 1 aromatic carbocycles. The summed E-state index contributed by atoms with van der Waals surface area (Å²) in [5.74, 6) is 1.70. The Balaban J connectivity index is 1.81. The Morgan fingerprint density at radius 2 is 2.15 bits per heavy atom. The largest absolute Gasteiger partial charge is 0.497 e. The van der Waals surface area contributed by atoms with Crippen LogP contribution in [-0.4, -0.2) is 58.0 Å². The van der Waals surface area contributed by atoms with Gasteiger partial charge in [0.25, 0.3) is 0 Å². The zero-order valence-corrected chi connectivity index (χ0v) is 15.7. The van der Waals surface area contributed by atoms with Crippen LogP contribution < -0.4 is 4.74 Å². The average Bonchev–Trinajstić information content (AvgIpc) is 3.23. The van der Waals surface area contributed by atoms with E-state index in [2.05, 4.69) is 21.0 Å². The number of aromatic hydroxyl groups is 1. The summed E-state index contributed by atoms with van der Waals surface area (Å²) in [6, 6.07) is 7.90. The summed E-state index contributed by atoms with van der Waals surface area (Å²) in [5.41, 5.74) is 1.07. The number of benzene rings is 1. The van der Waals surface area contributed by atoms with Gasteiger partial charge in [-0.1, -0.05) is 30.4 Å². The third kappa shape index (κ3) is 3.04. The summed E-state index contributed by atoms with van der Waals surface area (Å²) in [5, 5.41) is 15.3. The lowest BCUT2D eigenvalue weighted by Gasteiger charge is -2.34. The number of aryl methyl sites for hydroxylation is 1. The van der Waals surface area contributed by atoms with E-state index in [1.54, 1.807) is 11.6 Å². The van der Waals surface area contributed by atoms with Crippen molar-refractivity contribution in [2.24, 2.45) is 0 Å². The highest BCUT2D eigenvalue weighted by atomic mass is 32.1. The van der Waals surface area contributed by atoms with E-state index >= 15 is 0 Å². The minimum atomic E-state index is -0.0902. The molecule has 0 spiro atoms. The molecule has 3 heterocycles. The fraction of sp³-hybridized carbons (Fsp3) is 0.444. The predicted octanol–water partition coefficient (Wildman–Crippen LogP) is 2.49. The van der Waals surface area contributed by atoms with Crippen molar-refractivity contribution < 1.29 is 14.6 Å². The molecule has 8 heteroatoms. The Labute approximate surface area is 155 Å². The highest BCUT2D eigenvalue weighted by Crippen LogP contribution is 2.40. The summed E-state index contributed by atoms with van der Waals surface area (Å²) in [6.45, 7) is 4.97. The third-order valence-electron chi connectivity index (χ3n) is 4.63. The van der Waals surface area contributed by atoms with Gasteiger partial charge in [-0.05, 0) is 17.7 Å². The highest BCUT2D eigenvalue weighted by molar-refractivity contribution is 7.17. The molecule has 0 aliphatic carbocycles. The zero-order valence-electron chi connectivity index (χ0n) is 14.9. The Morgan fingerprint density at radius 1 is 1.35 bits per heavy atom. The molecule has 1 saturated heterocycles. The van der Waals surface area contributed by atoms with Crippen LogP contribution in [0, 0.1) is 0 Å². The van der Waals surface area contributed by atoms with Crippen LogP contribution in [0.2, 0.25) is 0 Å². The lowest BCUT2D eigenvalue weighted by atomic mass is 10.0. The molecule has 3 aromatic rings. The molecule has 2 aromatic heterocycles. The van der Waals surface area contributed by atoms with Crippen LogP contribution in [0.1, 0.15) is 29.2 Å². The molecule has 1 aliphatic heterocycles. The number of fused-ring (bicyclic) bond motifs is 1. The maximum atomic E-state index is 10.9. The first kappa shape index (κ1) is 17.3. The third-order valence-corrected chi connectivity index (χ3v) is 5.70. The van der Waals surface area contributed by atoms with E-state index in [0.29, 0.717) is 13.2 Å². The van der Waals surface area contributed by atoms with Gasteiger partial charge in [-0.2, -0.15) is 4.52 Å². The molecule has 1 atom stereocenters. The standard InChI is InChI=1S/C18H22N4O3S/c1-3-14-19-18-22(20-14)17(23)16(26-18)15(21-7-9-25-10-8-21)12-5-4-6-13(11-12)24-2/h4-6,11,15,23H,3,7-10H2,1-2H3/t15-/m0/s1. The van der Waals surface area contributed by atoms with Crippen molar-refractivity contribution in [2.45, 2.75) is 19.4 Å². The Hall–Kier alpha value is -2.16. The molecule has 7 nitrogen and oxygen atoms in total. The number of ether oxygens (including phenoxy) is 2. The van der Waals surface area contributed by atoms with Gasteiger partial charge >= 0.3 is 0 Å². The van der Waals surface area contributed by atoms with Gasteiger partial charge in [-0.15, -0.1) is 5.10 Å². The molecule has 1 fully saturated rings. The number of thiazole rings is 1. The van der Waals surface area contributed by atoms with Crippen LogP contribution in [0.5, 0.6) is 11.6 Å². The zero-order chi connectivity index (χ0) is 18.1. The van der Waals surface area contributed by atoms with Crippen LogP contribution in [0.25, 0.3) is 4.96 Å². The smallest absolute Gasteiger partial charge is 0.230 e. The minimum absolute atomic E-state index is 0.0902. The molecule has 0 amide bonds. The second kappa shape index (κ2) is 7.22. The minimum Gasteiger partial charge on any atom is -0.497 e. The second-order valence-electron chi connectivity index (χ2n) is 6.19. The van der Waals surface area contributed by atoms with Crippen LogP contribution in [0.4, 0.5) is 0 Å². The number of methoxy groups -OCH3 is 1. The lowest BCUT2D eigenvalue weighted by molar-refractivity contribution is 0.0241. The second-order valence-corrected chi connectivity index (χ2v) is 7.20. The summed E-state index contributed by atoms with van der Waals surface area (Å²) in [6.07, 6.45) is 0.742. The van der Waals surface area contributed by atoms with Crippen molar-refractivity contribution in [3.8, 4) is 11.6 Å². The van der Waals surface area contributed by atoms with Gasteiger partial charge < -0.3 is 14.6 Å². The van der Waals surface area contributed by atoms with Crippen molar-refractivity contribution in [2.75, 3.05) is 33.4 Å². The van der Waals surface area contributed by atoms with Gasteiger partial charge in [0.1, 0.15) is 5.75 Å². The maximum absolute atomic E-state index is 10.9. The van der Waals surface area contributed by atoms with Crippen LogP contribution in [0.3, 0.4) is 0 Å². The molecule has 1 aliphatic rings. The molecule has 26 heavy (non-hydrogen) atoms. The van der Waals surface area contributed by atoms with Gasteiger partial charge in [0.2, 0.25) is 10.8 Å². The molecule has 0 saturated carbocycles. The summed E-state index contributed by atoms with van der Waals surface area (Å²) in [7, 11) is 1.66. The highest BCUT2D eigenvalue weighted by Gasteiger charge is 2.30. The first-order valence-corrected chi connectivity index (χ1v) is 9.56. The van der Waals surface area contributed by atoms with E-state index in [1.807, 2.05) is 25.1 Å². The van der Waals surface area contributed by atoms with E-state index in [4.69, 9.17) is 9.47 Å². The SMILES string of the molecule is CCc1nc2sc([C@H](c3cccc(OC)c3)N3CCOCC3)c(O)n2n1. The number of rotatable bonds is 5. The molecule has 0 bridgehead atoms. The van der Waals surface area contributed by atoms with Gasteiger partial charge in [0, 0.05) is 19.5 Å². The number of nitrogens with zero attached hydrogens (tertiary/aromatic N) is 4. The average molecular weight is 374 g/mol. The van der Waals surface area contributed by atoms with Gasteiger partial charge in [-0.3, -0.25) is 4.90 Å². The number of morpholine rings is 1. The Bertz CT molecular complexity index is 901. The van der Waals surface area contributed by atoms with Gasteiger partial charge in [0.15, 0.2) is 5.82 Å². The fourth-order valence-electron chi connectivity index (χ4n) is 3.29. The molecule has 138 valence electrons. The van der Waals surface area contributed by atoms with Crippen molar-refractivity contribution >= 4 is 16.3 Å². The topological polar surface area (TPSA) is 72.1 Å². The molecular formula is C18H22N4O3S. The molecule has 0 radical (unpaired) electrons. The Kier molecular flexibility index (Phi) is 4.80. The van der Waals surface area contributed by atoms with Gasteiger partial charge in [-0.25, -0.2) is 4.98 Å². The quantitative estimate of drug-likeness (QED) is 0.740. The molecule has 0 unspecified atom stereocenters. The lowest BCUT2D eigenvalue weighted by Crippen LogP contribution is -2.39. The monoisotopic (exact) mass is 374 g/mol. The van der Waals surface area contributed by atoms with E-state index in [-0.39, 0.29) is 11.9 Å². The van der Waals surface area contributed by atoms with E-state index in [1.165, 1.54) is 11.3 Å². The van der Waals surface area contributed by atoms with Crippen LogP contribution in [0.15, 0.2) is 24.3 Å².